The van der Waals surface area contributed by atoms with E-state index in [2.05, 4.69) is 20.8 Å². The van der Waals surface area contributed by atoms with Crippen molar-refractivity contribution in [1.29, 1.82) is 0 Å². The molecule has 1 rings (SSSR count). The van der Waals surface area contributed by atoms with Gasteiger partial charge >= 0.3 is 5.97 Å². The van der Waals surface area contributed by atoms with Crippen molar-refractivity contribution >= 4 is 5.97 Å². The second-order valence-electron chi connectivity index (χ2n) is 5.87. The van der Waals surface area contributed by atoms with Gasteiger partial charge in [-0.3, -0.25) is 4.79 Å². The normalized spacial score (nSPS) is 28.9. The minimum Gasteiger partial charge on any atom is -0.466 e. The molecule has 112 valence electrons. The van der Waals surface area contributed by atoms with E-state index in [4.69, 9.17) is 9.47 Å². The molecule has 0 radical (unpaired) electrons. The number of hydrogen-bond donors (Lipinski definition) is 0. The van der Waals surface area contributed by atoms with Crippen LogP contribution in [0.15, 0.2) is 0 Å². The lowest BCUT2D eigenvalue weighted by molar-refractivity contribution is -0.143. The number of ether oxygens (including phenoxy) is 2. The summed E-state index contributed by atoms with van der Waals surface area (Å²) in [7, 11) is 0. The summed E-state index contributed by atoms with van der Waals surface area (Å²) in [5.74, 6) is 1.26. The van der Waals surface area contributed by atoms with Gasteiger partial charge < -0.3 is 9.47 Å². The summed E-state index contributed by atoms with van der Waals surface area (Å²) in [6.45, 7) is 8.96. The van der Waals surface area contributed by atoms with E-state index >= 15 is 0 Å². The van der Waals surface area contributed by atoms with E-state index in [-0.39, 0.29) is 5.97 Å². The topological polar surface area (TPSA) is 35.5 Å². The maximum Gasteiger partial charge on any atom is 0.305 e. The third kappa shape index (κ3) is 5.94. The zero-order valence-electron chi connectivity index (χ0n) is 13.0. The molecule has 0 saturated heterocycles. The second-order valence-corrected chi connectivity index (χ2v) is 5.87. The number of carbonyl (C=O) groups excluding carboxylic acids is 1. The van der Waals surface area contributed by atoms with Crippen molar-refractivity contribution < 1.29 is 14.3 Å². The number of carbonyl (C=O) groups is 1. The van der Waals surface area contributed by atoms with E-state index in [0.29, 0.717) is 37.1 Å². The van der Waals surface area contributed by atoms with Crippen LogP contribution in [-0.4, -0.2) is 24.8 Å². The highest BCUT2D eigenvalue weighted by atomic mass is 16.5. The maximum absolute atomic E-state index is 11.4. The summed E-state index contributed by atoms with van der Waals surface area (Å²) in [6.07, 6.45) is 6.87. The maximum atomic E-state index is 11.4. The molecule has 0 heterocycles. The highest BCUT2D eigenvalue weighted by molar-refractivity contribution is 5.69. The lowest BCUT2D eigenvalue weighted by Gasteiger charge is -2.35. The summed E-state index contributed by atoms with van der Waals surface area (Å²) in [6, 6.07) is 0. The van der Waals surface area contributed by atoms with E-state index in [9.17, 15) is 4.79 Å². The molecule has 0 N–H and O–H groups in total. The van der Waals surface area contributed by atoms with Gasteiger partial charge in [0, 0.05) is 6.42 Å². The highest BCUT2D eigenvalue weighted by Crippen LogP contribution is 2.35. The molecular formula is C16H30O3. The summed E-state index contributed by atoms with van der Waals surface area (Å²) >= 11 is 0. The average Bonchev–Trinajstić information content (AvgIpc) is 2.38. The van der Waals surface area contributed by atoms with Crippen molar-refractivity contribution in [2.24, 2.45) is 11.8 Å². The van der Waals surface area contributed by atoms with Crippen LogP contribution in [0.3, 0.4) is 0 Å². The Labute approximate surface area is 118 Å². The number of rotatable bonds is 7. The highest BCUT2D eigenvalue weighted by Gasteiger charge is 2.29. The molecule has 0 aromatic heterocycles. The van der Waals surface area contributed by atoms with Gasteiger partial charge in [-0.1, -0.05) is 13.8 Å². The number of hydrogen-bond acceptors (Lipinski definition) is 3. The van der Waals surface area contributed by atoms with Gasteiger partial charge in [0.25, 0.3) is 0 Å². The molecule has 4 atom stereocenters. The van der Waals surface area contributed by atoms with E-state index in [1.807, 2.05) is 6.92 Å². The van der Waals surface area contributed by atoms with E-state index in [0.717, 1.165) is 25.7 Å². The smallest absolute Gasteiger partial charge is 0.305 e. The van der Waals surface area contributed by atoms with Crippen LogP contribution in [-0.2, 0) is 14.3 Å². The van der Waals surface area contributed by atoms with Gasteiger partial charge in [-0.05, 0) is 57.8 Å². The fraction of sp³-hybridized carbons (Fsp3) is 0.938. The van der Waals surface area contributed by atoms with Gasteiger partial charge in [0.2, 0.25) is 0 Å². The molecule has 1 fully saturated rings. The zero-order chi connectivity index (χ0) is 14.3. The van der Waals surface area contributed by atoms with Crippen LogP contribution in [0.4, 0.5) is 0 Å². The molecule has 3 heteroatoms. The Morgan fingerprint density at radius 1 is 1.32 bits per heavy atom. The van der Waals surface area contributed by atoms with Gasteiger partial charge in [0.15, 0.2) is 0 Å². The lowest BCUT2D eigenvalue weighted by atomic mass is 9.76. The van der Waals surface area contributed by atoms with Crippen molar-refractivity contribution in [2.45, 2.75) is 78.4 Å². The van der Waals surface area contributed by atoms with Gasteiger partial charge in [0.05, 0.1) is 18.8 Å². The quantitative estimate of drug-likeness (QED) is 0.657. The van der Waals surface area contributed by atoms with Crippen LogP contribution in [0.5, 0.6) is 0 Å². The fourth-order valence-electron chi connectivity index (χ4n) is 2.92. The molecule has 4 unspecified atom stereocenters. The molecule has 0 aliphatic heterocycles. The largest absolute Gasteiger partial charge is 0.466 e. The van der Waals surface area contributed by atoms with E-state index in [1.165, 1.54) is 6.42 Å². The lowest BCUT2D eigenvalue weighted by Crippen LogP contribution is -2.30. The molecule has 0 bridgehead atoms. The standard InChI is InChI=1S/C16H30O3/c1-5-13(4)19-15-9-7-14(12(3)11-15)8-10-16(17)18-6-2/h12-15H,5-11H2,1-4H3. The fourth-order valence-corrected chi connectivity index (χ4v) is 2.92. The Bertz CT molecular complexity index is 265. The predicted molar refractivity (Wildman–Crippen MR) is 77.0 cm³/mol. The van der Waals surface area contributed by atoms with Crippen LogP contribution in [0.25, 0.3) is 0 Å². The molecule has 1 aliphatic rings. The van der Waals surface area contributed by atoms with Gasteiger partial charge in [0.1, 0.15) is 0 Å². The molecule has 1 saturated carbocycles. The molecule has 0 aromatic rings. The first-order valence-corrected chi connectivity index (χ1v) is 7.87. The summed E-state index contributed by atoms with van der Waals surface area (Å²) < 4.78 is 11.0. The molecule has 19 heavy (non-hydrogen) atoms. The Balaban J connectivity index is 2.28. The summed E-state index contributed by atoms with van der Waals surface area (Å²) in [4.78, 5) is 11.4. The Morgan fingerprint density at radius 2 is 2.05 bits per heavy atom. The van der Waals surface area contributed by atoms with Crippen molar-refractivity contribution in [1.82, 2.24) is 0 Å². The van der Waals surface area contributed by atoms with Crippen molar-refractivity contribution in [3.63, 3.8) is 0 Å². The van der Waals surface area contributed by atoms with Gasteiger partial charge in [-0.25, -0.2) is 0 Å². The average molecular weight is 270 g/mol. The predicted octanol–water partition coefficient (Wildman–Crippen LogP) is 3.95. The van der Waals surface area contributed by atoms with Gasteiger partial charge in [-0.15, -0.1) is 0 Å². The Morgan fingerprint density at radius 3 is 2.63 bits per heavy atom. The molecule has 0 amide bonds. The van der Waals surface area contributed by atoms with Crippen LogP contribution in [0.1, 0.15) is 66.2 Å². The van der Waals surface area contributed by atoms with Gasteiger partial charge in [-0.2, -0.15) is 0 Å². The Kier molecular flexibility index (Phi) is 7.44. The minimum absolute atomic E-state index is 0.0484. The summed E-state index contributed by atoms with van der Waals surface area (Å²) in [5, 5.41) is 0. The molecule has 3 nitrogen and oxygen atoms in total. The third-order valence-corrected chi connectivity index (χ3v) is 4.32. The zero-order valence-corrected chi connectivity index (χ0v) is 13.0. The third-order valence-electron chi connectivity index (χ3n) is 4.32. The first-order valence-electron chi connectivity index (χ1n) is 7.87. The molecule has 0 spiro atoms. The SMILES string of the molecule is CCOC(=O)CCC1CCC(OC(C)CC)CC1C. The van der Waals surface area contributed by atoms with Crippen molar-refractivity contribution in [2.75, 3.05) is 6.61 Å². The second kappa shape index (κ2) is 8.57. The summed E-state index contributed by atoms with van der Waals surface area (Å²) in [5.41, 5.74) is 0. The van der Waals surface area contributed by atoms with E-state index < -0.39 is 0 Å². The Hall–Kier alpha value is -0.570. The van der Waals surface area contributed by atoms with Crippen molar-refractivity contribution in [3.8, 4) is 0 Å². The minimum atomic E-state index is -0.0484. The molecule has 0 aromatic carbocycles. The molecular weight excluding hydrogens is 240 g/mol. The van der Waals surface area contributed by atoms with Crippen LogP contribution >= 0.6 is 0 Å². The monoisotopic (exact) mass is 270 g/mol. The molecule has 1 aliphatic carbocycles. The van der Waals surface area contributed by atoms with Crippen molar-refractivity contribution in [3.05, 3.63) is 0 Å². The van der Waals surface area contributed by atoms with Crippen LogP contribution in [0.2, 0.25) is 0 Å². The number of esters is 1. The van der Waals surface area contributed by atoms with E-state index in [1.54, 1.807) is 0 Å². The van der Waals surface area contributed by atoms with Crippen LogP contribution in [0, 0.1) is 11.8 Å². The first kappa shape index (κ1) is 16.5. The first-order chi connectivity index (χ1) is 9.06. The van der Waals surface area contributed by atoms with Crippen LogP contribution < -0.4 is 0 Å².